The number of rotatable bonds is 2. The molecule has 0 saturated carbocycles. The third-order valence-electron chi connectivity index (χ3n) is 3.74. The van der Waals surface area contributed by atoms with Crippen molar-refractivity contribution in [2.75, 3.05) is 0 Å². The molecule has 0 fully saturated rings. The fourth-order valence-corrected chi connectivity index (χ4v) is 2.73. The summed E-state index contributed by atoms with van der Waals surface area (Å²) in [5.41, 5.74) is 0.610. The number of carbonyl (C=O) groups is 3. The van der Waals surface area contributed by atoms with E-state index < -0.39 is 23.7 Å². The van der Waals surface area contributed by atoms with Crippen LogP contribution >= 0.6 is 0 Å². The lowest BCUT2D eigenvalue weighted by Crippen LogP contribution is -2.50. The maximum atomic E-state index is 12.9. The standard InChI is InChI=1S/C17H12N2O5/c20-13-8-4-7-12-10-18(24)14(9-15(21)22)19(16(12)13)17(23)11-5-2-1-3-6-11/h1-7,9-10,16H,8H2/p+1. The number of carbonyl (C=O) groups excluding carboxylic acids is 2. The van der Waals surface area contributed by atoms with E-state index in [4.69, 9.17) is 5.11 Å². The van der Waals surface area contributed by atoms with E-state index in [9.17, 15) is 19.3 Å². The van der Waals surface area contributed by atoms with Gasteiger partial charge in [0.05, 0.1) is 5.56 Å². The summed E-state index contributed by atoms with van der Waals surface area (Å²) in [6, 6.07) is 7.09. The zero-order chi connectivity index (χ0) is 17.3. The zero-order valence-corrected chi connectivity index (χ0v) is 12.5. The minimum atomic E-state index is -1.38. The second-order valence-corrected chi connectivity index (χ2v) is 5.31. The number of carboxylic acid groups (broad SMARTS) is 1. The smallest absolute Gasteiger partial charge is 0.342 e. The van der Waals surface area contributed by atoms with E-state index in [-0.39, 0.29) is 17.8 Å². The van der Waals surface area contributed by atoms with Gasteiger partial charge in [0.1, 0.15) is 6.08 Å². The van der Waals surface area contributed by atoms with Crippen LogP contribution in [-0.4, -0.2) is 38.5 Å². The molecule has 3 rings (SSSR count). The van der Waals surface area contributed by atoms with E-state index in [1.165, 1.54) is 12.1 Å². The van der Waals surface area contributed by atoms with Crippen LogP contribution in [0, 0.1) is 4.91 Å². The number of hydrogen-bond donors (Lipinski definition) is 1. The molecule has 120 valence electrons. The summed E-state index contributed by atoms with van der Waals surface area (Å²) in [6.07, 6.45) is 5.07. The molecule has 24 heavy (non-hydrogen) atoms. The molecule has 2 aliphatic rings. The number of carboxylic acids is 1. The average molecular weight is 325 g/mol. The van der Waals surface area contributed by atoms with Gasteiger partial charge in [-0.15, -0.1) is 0 Å². The van der Waals surface area contributed by atoms with E-state index in [2.05, 4.69) is 0 Å². The van der Waals surface area contributed by atoms with Gasteiger partial charge in [0.2, 0.25) is 0 Å². The van der Waals surface area contributed by atoms with Crippen LogP contribution < -0.4 is 0 Å². The summed E-state index contributed by atoms with van der Waals surface area (Å²) >= 11 is 0. The van der Waals surface area contributed by atoms with Gasteiger partial charge in [0, 0.05) is 16.8 Å². The number of ketones is 1. The summed E-state index contributed by atoms with van der Waals surface area (Å²) < 4.78 is 0.295. The van der Waals surface area contributed by atoms with Crippen LogP contribution in [0.5, 0.6) is 0 Å². The first-order valence-corrected chi connectivity index (χ1v) is 7.19. The Balaban J connectivity index is 2.16. The lowest BCUT2D eigenvalue weighted by Gasteiger charge is -2.29. The molecule has 0 aromatic heterocycles. The first kappa shape index (κ1) is 15.5. The molecule has 1 aliphatic heterocycles. The fraction of sp³-hybridized carbons (Fsp3) is 0.118. The summed E-state index contributed by atoms with van der Waals surface area (Å²) in [5.74, 6) is -2.67. The average Bonchev–Trinajstić information content (AvgIpc) is 2.56. The molecule has 1 unspecified atom stereocenters. The number of aliphatic carboxylic acids is 1. The molecule has 0 saturated heterocycles. The summed E-state index contributed by atoms with van der Waals surface area (Å²) in [7, 11) is 0. The molecule has 1 aliphatic carbocycles. The molecule has 1 atom stereocenters. The highest BCUT2D eigenvalue weighted by atomic mass is 16.4. The molecule has 1 N–H and O–H groups in total. The molecule has 1 aromatic carbocycles. The van der Waals surface area contributed by atoms with Gasteiger partial charge in [-0.1, -0.05) is 35.3 Å². The Bertz CT molecular complexity index is 836. The third kappa shape index (κ3) is 2.67. The van der Waals surface area contributed by atoms with Crippen molar-refractivity contribution < 1.29 is 24.3 Å². The number of Topliss-reactive ketones (excluding diaryl/α,β-unsaturated/α-hetero) is 1. The van der Waals surface area contributed by atoms with E-state index in [1.807, 2.05) is 0 Å². The summed E-state index contributed by atoms with van der Waals surface area (Å²) in [6.45, 7) is 0. The van der Waals surface area contributed by atoms with E-state index in [0.29, 0.717) is 16.4 Å². The molecule has 1 aromatic rings. The SMILES string of the molecule is O=C(O)C=C1N(C(=O)c2ccccc2)C2C(=O)CC=CC2=C[N+]1=O. The molecular weight excluding hydrogens is 312 g/mol. The van der Waals surface area contributed by atoms with Gasteiger partial charge in [-0.2, -0.15) is 4.90 Å². The number of nitrogens with zero attached hydrogens (tertiary/aromatic N) is 2. The largest absolute Gasteiger partial charge is 0.478 e. The van der Waals surface area contributed by atoms with Gasteiger partial charge in [-0.05, 0) is 12.1 Å². The Kier molecular flexibility index (Phi) is 3.91. The predicted octanol–water partition coefficient (Wildman–Crippen LogP) is 1.63. The molecule has 0 bridgehead atoms. The minimum Gasteiger partial charge on any atom is -0.478 e. The highest BCUT2D eigenvalue weighted by molar-refractivity contribution is 6.01. The molecule has 7 nitrogen and oxygen atoms in total. The second-order valence-electron chi connectivity index (χ2n) is 5.31. The fourth-order valence-electron chi connectivity index (χ4n) is 2.73. The van der Waals surface area contributed by atoms with Crippen molar-refractivity contribution in [1.29, 1.82) is 0 Å². The van der Waals surface area contributed by atoms with Crippen LogP contribution in [0.15, 0.2) is 66.2 Å². The highest BCUT2D eigenvalue weighted by Gasteiger charge is 2.48. The Morgan fingerprint density at radius 1 is 1.25 bits per heavy atom. The van der Waals surface area contributed by atoms with Crippen molar-refractivity contribution in [1.82, 2.24) is 4.90 Å². The van der Waals surface area contributed by atoms with E-state index in [0.717, 1.165) is 11.1 Å². The summed E-state index contributed by atoms with van der Waals surface area (Å²) in [4.78, 5) is 49.4. The van der Waals surface area contributed by atoms with Crippen LogP contribution in [0.1, 0.15) is 16.8 Å². The minimum absolute atomic E-state index is 0.111. The van der Waals surface area contributed by atoms with Gasteiger partial charge in [-0.25, -0.2) is 9.59 Å². The van der Waals surface area contributed by atoms with Crippen molar-refractivity contribution in [3.63, 3.8) is 0 Å². The number of hydrogen-bond acceptors (Lipinski definition) is 4. The number of nitroso groups, excluding NO2 is 1. The van der Waals surface area contributed by atoms with Crippen LogP contribution in [0.3, 0.4) is 0 Å². The zero-order valence-electron chi connectivity index (χ0n) is 12.5. The van der Waals surface area contributed by atoms with Crippen molar-refractivity contribution in [2.45, 2.75) is 12.5 Å². The van der Waals surface area contributed by atoms with Crippen molar-refractivity contribution in [3.05, 3.63) is 76.6 Å². The molecule has 0 spiro atoms. The van der Waals surface area contributed by atoms with Gasteiger partial charge >= 0.3 is 17.7 Å². The quantitative estimate of drug-likeness (QED) is 0.659. The number of allylic oxidation sites excluding steroid dienone is 1. The van der Waals surface area contributed by atoms with Crippen molar-refractivity contribution in [2.24, 2.45) is 0 Å². The number of amides is 1. The Morgan fingerprint density at radius 3 is 2.62 bits per heavy atom. The maximum Gasteiger partial charge on any atom is 0.342 e. The lowest BCUT2D eigenvalue weighted by molar-refractivity contribution is -0.449. The first-order valence-electron chi connectivity index (χ1n) is 7.19. The third-order valence-corrected chi connectivity index (χ3v) is 3.74. The van der Waals surface area contributed by atoms with Crippen LogP contribution in [0.4, 0.5) is 0 Å². The molecule has 1 heterocycles. The Hall–Kier alpha value is -3.35. The van der Waals surface area contributed by atoms with Crippen molar-refractivity contribution >= 4 is 17.7 Å². The van der Waals surface area contributed by atoms with Crippen molar-refractivity contribution in [3.8, 4) is 0 Å². The highest BCUT2D eigenvalue weighted by Crippen LogP contribution is 2.30. The maximum absolute atomic E-state index is 12.9. The van der Waals surface area contributed by atoms with E-state index >= 15 is 0 Å². The predicted molar refractivity (Wildman–Crippen MR) is 82.6 cm³/mol. The van der Waals surface area contributed by atoms with Gasteiger partial charge < -0.3 is 5.11 Å². The van der Waals surface area contributed by atoms with Crippen LogP contribution in [0.2, 0.25) is 0 Å². The summed E-state index contributed by atoms with van der Waals surface area (Å²) in [5, 5.41) is 9.02. The normalized spacial score (nSPS) is 21.5. The monoisotopic (exact) mass is 325 g/mol. The second kappa shape index (κ2) is 6.04. The molecule has 0 radical (unpaired) electrons. The number of fused-ring (bicyclic) bond motifs is 1. The van der Waals surface area contributed by atoms with Gasteiger partial charge in [0.15, 0.2) is 18.0 Å². The Morgan fingerprint density at radius 2 is 1.96 bits per heavy atom. The Labute approximate surface area is 136 Å². The van der Waals surface area contributed by atoms with Gasteiger partial charge in [0.25, 0.3) is 0 Å². The van der Waals surface area contributed by atoms with E-state index in [1.54, 1.807) is 30.4 Å². The van der Waals surface area contributed by atoms with Crippen LogP contribution in [0.25, 0.3) is 0 Å². The number of benzene rings is 1. The lowest BCUT2D eigenvalue weighted by atomic mass is 9.92. The van der Waals surface area contributed by atoms with Crippen LogP contribution in [-0.2, 0) is 9.59 Å². The first-order chi connectivity index (χ1) is 11.5. The molecule has 7 heteroatoms. The molecular formula is C17H13N2O5+. The molecule has 1 amide bonds. The topological polar surface area (TPSA) is 94.8 Å². The van der Waals surface area contributed by atoms with Gasteiger partial charge in [-0.3, -0.25) is 4.79 Å².